The molecule has 1 heterocycles. The zero-order chi connectivity index (χ0) is 6.69. The Bertz CT molecular complexity index is 110. The number of hydrazine groups is 2. The van der Waals surface area contributed by atoms with Gasteiger partial charge in [0.05, 0.1) is 0 Å². The second-order valence-corrected chi connectivity index (χ2v) is 2.99. The fraction of sp³-hybridized carbons (Fsp3) is 0.750. The Balaban J connectivity index is 2.19. The Morgan fingerprint density at radius 2 is 2.56 bits per heavy atom. The van der Waals surface area contributed by atoms with E-state index >= 15 is 0 Å². The molecule has 0 aliphatic carbocycles. The molecule has 0 saturated carbocycles. The highest BCUT2D eigenvalue weighted by Crippen LogP contribution is 1.92. The van der Waals surface area contributed by atoms with Crippen LogP contribution in [0.15, 0.2) is 0 Å². The van der Waals surface area contributed by atoms with E-state index in [0.717, 1.165) is 19.5 Å². The van der Waals surface area contributed by atoms with Crippen molar-refractivity contribution in [1.82, 2.24) is 16.0 Å². The quantitative estimate of drug-likeness (QED) is 0.372. The fourth-order valence-electron chi connectivity index (χ4n) is 0.741. The molecule has 1 fully saturated rings. The van der Waals surface area contributed by atoms with Gasteiger partial charge in [0.15, 0.2) is 0 Å². The van der Waals surface area contributed by atoms with Crippen molar-refractivity contribution >= 4 is 29.2 Å². The Morgan fingerprint density at radius 1 is 1.78 bits per heavy atom. The van der Waals surface area contributed by atoms with E-state index in [1.165, 1.54) is 0 Å². The number of hydrogen-bond donors (Lipinski definition) is 3. The number of nitrogens with zero attached hydrogens (tertiary/aromatic N) is 1. The van der Waals surface area contributed by atoms with Crippen molar-refractivity contribution in [3.63, 3.8) is 0 Å². The van der Waals surface area contributed by atoms with Crippen LogP contribution in [0, 0.1) is 0 Å². The lowest BCUT2D eigenvalue weighted by Crippen LogP contribution is -2.44. The average Bonchev–Trinajstić information content (AvgIpc) is 2.15. The summed E-state index contributed by atoms with van der Waals surface area (Å²) in [5, 5.41) is 1.84. The fourth-order valence-corrected chi connectivity index (χ4v) is 0.972. The smallest absolute Gasteiger partial charge is 0.146 e. The maximum absolute atomic E-state index is 4.70. The molecule has 1 aliphatic rings. The molecule has 9 heavy (non-hydrogen) atoms. The molecule has 1 aliphatic heterocycles. The highest BCUT2D eigenvalue weighted by atomic mass is 32.1. The van der Waals surface area contributed by atoms with Crippen LogP contribution in [-0.4, -0.2) is 22.5 Å². The molecule has 0 radical (unpaired) electrons. The number of hydrogen-bond acceptors (Lipinski definition) is 3. The van der Waals surface area contributed by atoms with Crippen LogP contribution in [0.25, 0.3) is 0 Å². The van der Waals surface area contributed by atoms with Gasteiger partial charge < -0.3 is 0 Å². The molecule has 52 valence electrons. The minimum Gasteiger partial charge on any atom is -0.291 e. The minimum atomic E-state index is 0.504. The standard InChI is InChI=1S/C4H9N3S2/c8-4(9)6-7-3-1-2-5-7/h5H,1-3H2,(H2,6,8,9). The van der Waals surface area contributed by atoms with Crippen molar-refractivity contribution in [2.24, 2.45) is 0 Å². The van der Waals surface area contributed by atoms with E-state index < -0.39 is 0 Å². The Labute approximate surface area is 65.1 Å². The highest BCUT2D eigenvalue weighted by molar-refractivity contribution is 8.11. The second kappa shape index (κ2) is 3.36. The Kier molecular flexibility index (Phi) is 2.71. The third-order valence-corrected chi connectivity index (χ3v) is 1.28. The van der Waals surface area contributed by atoms with E-state index in [-0.39, 0.29) is 0 Å². The second-order valence-electron chi connectivity index (χ2n) is 1.83. The topological polar surface area (TPSA) is 27.3 Å². The predicted octanol–water partition coefficient (Wildman–Crippen LogP) is -0.0840. The molecule has 0 bridgehead atoms. The van der Waals surface area contributed by atoms with Gasteiger partial charge in [-0.2, -0.15) is 5.12 Å². The number of thiocarbonyl (C=S) groups is 1. The van der Waals surface area contributed by atoms with Gasteiger partial charge in [-0.05, 0) is 6.42 Å². The lowest BCUT2D eigenvalue weighted by atomic mass is 10.5. The number of rotatable bonds is 1. The van der Waals surface area contributed by atoms with E-state index in [1.807, 2.05) is 5.12 Å². The largest absolute Gasteiger partial charge is 0.291 e. The van der Waals surface area contributed by atoms with Crippen LogP contribution < -0.4 is 10.9 Å². The summed E-state index contributed by atoms with van der Waals surface area (Å²) in [6.07, 6.45) is 1.16. The van der Waals surface area contributed by atoms with Gasteiger partial charge in [-0.3, -0.25) is 5.43 Å². The molecule has 0 aromatic rings. The molecule has 2 N–H and O–H groups in total. The summed E-state index contributed by atoms with van der Waals surface area (Å²) >= 11 is 8.62. The number of nitrogens with one attached hydrogen (secondary N) is 2. The van der Waals surface area contributed by atoms with Crippen molar-refractivity contribution in [3.05, 3.63) is 0 Å². The third-order valence-electron chi connectivity index (χ3n) is 1.09. The molecule has 0 atom stereocenters. The van der Waals surface area contributed by atoms with Crippen molar-refractivity contribution in [2.75, 3.05) is 13.1 Å². The third kappa shape index (κ3) is 2.49. The van der Waals surface area contributed by atoms with Crippen LogP contribution in [0.5, 0.6) is 0 Å². The molecule has 0 spiro atoms. The summed E-state index contributed by atoms with van der Waals surface area (Å²) in [4.78, 5) is 0. The Morgan fingerprint density at radius 3 is 3.00 bits per heavy atom. The van der Waals surface area contributed by atoms with Gasteiger partial charge in [-0.15, -0.1) is 12.6 Å². The molecule has 5 heteroatoms. The Hall–Kier alpha value is 0.160. The summed E-state index contributed by atoms with van der Waals surface area (Å²) in [6.45, 7) is 2.00. The average molecular weight is 163 g/mol. The van der Waals surface area contributed by atoms with Crippen LogP contribution in [0.2, 0.25) is 0 Å². The first-order chi connectivity index (χ1) is 4.29. The van der Waals surface area contributed by atoms with Crippen molar-refractivity contribution < 1.29 is 0 Å². The first-order valence-corrected chi connectivity index (χ1v) is 3.65. The zero-order valence-electron chi connectivity index (χ0n) is 4.92. The molecular formula is C4H9N3S2. The van der Waals surface area contributed by atoms with Crippen molar-refractivity contribution in [3.8, 4) is 0 Å². The van der Waals surface area contributed by atoms with Gasteiger partial charge in [0.2, 0.25) is 0 Å². The van der Waals surface area contributed by atoms with Gasteiger partial charge in [-0.1, -0.05) is 12.2 Å². The highest BCUT2D eigenvalue weighted by Gasteiger charge is 2.08. The molecule has 1 saturated heterocycles. The molecule has 3 nitrogen and oxygen atoms in total. The first kappa shape index (κ1) is 7.27. The van der Waals surface area contributed by atoms with E-state index in [0.29, 0.717) is 4.32 Å². The van der Waals surface area contributed by atoms with E-state index in [2.05, 4.69) is 23.5 Å². The molecular weight excluding hydrogens is 154 g/mol. The maximum atomic E-state index is 4.70. The SMILES string of the molecule is S=C(S)NN1CCCN1. The van der Waals surface area contributed by atoms with Crippen LogP contribution in [-0.2, 0) is 0 Å². The van der Waals surface area contributed by atoms with Crippen LogP contribution >= 0.6 is 24.8 Å². The number of thiol groups is 1. The monoisotopic (exact) mass is 163 g/mol. The summed E-state index contributed by atoms with van der Waals surface area (Å²) < 4.78 is 0.504. The van der Waals surface area contributed by atoms with Gasteiger partial charge in [-0.25, -0.2) is 5.43 Å². The van der Waals surface area contributed by atoms with Gasteiger partial charge in [0, 0.05) is 13.1 Å². The van der Waals surface area contributed by atoms with Gasteiger partial charge >= 0.3 is 0 Å². The summed E-state index contributed by atoms with van der Waals surface area (Å²) in [7, 11) is 0. The molecule has 0 unspecified atom stereocenters. The van der Waals surface area contributed by atoms with E-state index in [4.69, 9.17) is 12.2 Å². The molecule has 0 aromatic heterocycles. The summed E-state index contributed by atoms with van der Waals surface area (Å²) in [5.74, 6) is 0. The van der Waals surface area contributed by atoms with Crippen LogP contribution in [0.4, 0.5) is 0 Å². The molecule has 1 rings (SSSR count). The van der Waals surface area contributed by atoms with E-state index in [9.17, 15) is 0 Å². The van der Waals surface area contributed by atoms with Crippen LogP contribution in [0.1, 0.15) is 6.42 Å². The summed E-state index contributed by atoms with van der Waals surface area (Å²) in [6, 6.07) is 0. The lowest BCUT2D eigenvalue weighted by molar-refractivity contribution is 0.217. The first-order valence-electron chi connectivity index (χ1n) is 2.79. The lowest BCUT2D eigenvalue weighted by Gasteiger charge is -2.15. The van der Waals surface area contributed by atoms with Gasteiger partial charge in [0.1, 0.15) is 4.32 Å². The van der Waals surface area contributed by atoms with Crippen molar-refractivity contribution in [2.45, 2.75) is 6.42 Å². The minimum absolute atomic E-state index is 0.504. The van der Waals surface area contributed by atoms with Gasteiger partial charge in [0.25, 0.3) is 0 Å². The zero-order valence-corrected chi connectivity index (χ0v) is 6.63. The normalized spacial score (nSPS) is 20.1. The summed E-state index contributed by atoms with van der Waals surface area (Å²) in [5.41, 5.74) is 5.93. The van der Waals surface area contributed by atoms with Crippen molar-refractivity contribution in [1.29, 1.82) is 0 Å². The van der Waals surface area contributed by atoms with Crippen LogP contribution in [0.3, 0.4) is 0 Å². The predicted molar refractivity (Wildman–Crippen MR) is 44.0 cm³/mol. The molecule has 0 amide bonds. The molecule has 0 aromatic carbocycles. The maximum Gasteiger partial charge on any atom is 0.146 e. The van der Waals surface area contributed by atoms with E-state index in [1.54, 1.807) is 0 Å².